The maximum Gasteiger partial charge on any atom is 0.309 e. The summed E-state index contributed by atoms with van der Waals surface area (Å²) in [7, 11) is 0. The van der Waals surface area contributed by atoms with Crippen molar-refractivity contribution in [3.05, 3.63) is 0 Å². The highest BCUT2D eigenvalue weighted by atomic mass is 16.4. The summed E-state index contributed by atoms with van der Waals surface area (Å²) in [4.78, 5) is 21.2. The van der Waals surface area contributed by atoms with E-state index >= 15 is 0 Å². The van der Waals surface area contributed by atoms with Crippen LogP contribution >= 0.6 is 0 Å². The van der Waals surface area contributed by atoms with Crippen LogP contribution in [0.25, 0.3) is 0 Å². The van der Waals surface area contributed by atoms with Gasteiger partial charge in [-0.05, 0) is 6.42 Å². The van der Waals surface area contributed by atoms with E-state index in [1.807, 2.05) is 6.92 Å². The van der Waals surface area contributed by atoms with Crippen molar-refractivity contribution in [2.45, 2.75) is 51.6 Å². The minimum Gasteiger partial charge on any atom is -0.481 e. The molecule has 0 aliphatic rings. The average Bonchev–Trinajstić information content (AvgIpc) is 2.15. The van der Waals surface area contributed by atoms with E-state index in [-0.39, 0.29) is 0 Å². The lowest BCUT2D eigenvalue weighted by atomic mass is 9.93. The van der Waals surface area contributed by atoms with Crippen molar-refractivity contribution in [2.24, 2.45) is 5.92 Å². The molecular weight excluding hydrogens is 212 g/mol. The minimum absolute atomic E-state index is 0.337. The molecule has 0 rings (SSSR count). The largest absolute Gasteiger partial charge is 0.481 e. The molecule has 0 saturated carbocycles. The molecule has 2 atom stereocenters. The molecule has 0 saturated heterocycles. The third kappa shape index (κ3) is 6.40. The molecule has 0 aromatic rings. The fraction of sp³-hybridized carbons (Fsp3) is 0.818. The summed E-state index contributed by atoms with van der Waals surface area (Å²) in [6, 6.07) is 0. The number of aliphatic hydroxyl groups excluding tert-OH is 1. The molecule has 3 N–H and O–H groups in total. The number of rotatable bonds is 9. The van der Waals surface area contributed by atoms with E-state index in [2.05, 4.69) is 0 Å². The van der Waals surface area contributed by atoms with Gasteiger partial charge in [-0.25, -0.2) is 0 Å². The molecule has 5 heteroatoms. The van der Waals surface area contributed by atoms with E-state index < -0.39 is 30.4 Å². The average molecular weight is 232 g/mol. The quantitative estimate of drug-likeness (QED) is 0.523. The monoisotopic (exact) mass is 232 g/mol. The van der Waals surface area contributed by atoms with Crippen LogP contribution in [0.5, 0.6) is 0 Å². The van der Waals surface area contributed by atoms with Crippen LogP contribution in [0.1, 0.15) is 45.4 Å². The summed E-state index contributed by atoms with van der Waals surface area (Å²) in [5, 5.41) is 26.8. The Hall–Kier alpha value is -1.10. The molecule has 0 aromatic heterocycles. The van der Waals surface area contributed by atoms with E-state index in [4.69, 9.17) is 10.2 Å². The zero-order valence-corrected chi connectivity index (χ0v) is 9.56. The van der Waals surface area contributed by atoms with Crippen molar-refractivity contribution >= 4 is 11.9 Å². The number of hydrogen-bond acceptors (Lipinski definition) is 3. The molecule has 5 nitrogen and oxygen atoms in total. The van der Waals surface area contributed by atoms with Gasteiger partial charge in [-0.2, -0.15) is 0 Å². The van der Waals surface area contributed by atoms with Crippen LogP contribution in [0.3, 0.4) is 0 Å². The predicted molar refractivity (Wildman–Crippen MR) is 58.1 cm³/mol. The second kappa shape index (κ2) is 8.10. The van der Waals surface area contributed by atoms with Crippen molar-refractivity contribution in [3.63, 3.8) is 0 Å². The van der Waals surface area contributed by atoms with Crippen molar-refractivity contribution in [1.29, 1.82) is 0 Å². The molecule has 0 spiro atoms. The Bertz CT molecular complexity index is 226. The summed E-state index contributed by atoms with van der Waals surface area (Å²) >= 11 is 0. The molecular formula is C11H20O5. The van der Waals surface area contributed by atoms with Crippen LogP contribution in [-0.4, -0.2) is 33.4 Å². The Morgan fingerprint density at radius 3 is 2.19 bits per heavy atom. The Labute approximate surface area is 95.1 Å². The standard InChI is InChI=1S/C11H20O5/c1-2-3-4-5-6-8(11(15)16)9(12)7-10(13)14/h8-9,12H,2-7H2,1H3,(H,13,14)(H,15,16)/t8-,9+/m0/s1. The molecule has 0 aliphatic carbocycles. The van der Waals surface area contributed by atoms with Crippen molar-refractivity contribution in [3.8, 4) is 0 Å². The fourth-order valence-corrected chi connectivity index (χ4v) is 1.59. The Morgan fingerprint density at radius 2 is 1.75 bits per heavy atom. The number of carboxylic acids is 2. The van der Waals surface area contributed by atoms with Gasteiger partial charge in [0, 0.05) is 0 Å². The van der Waals surface area contributed by atoms with E-state index in [1.54, 1.807) is 0 Å². The zero-order chi connectivity index (χ0) is 12.6. The second-order valence-corrected chi connectivity index (χ2v) is 3.96. The Morgan fingerprint density at radius 1 is 1.12 bits per heavy atom. The maximum atomic E-state index is 10.8. The summed E-state index contributed by atoms with van der Waals surface area (Å²) in [5.74, 6) is -3.26. The lowest BCUT2D eigenvalue weighted by molar-refractivity contribution is -0.148. The zero-order valence-electron chi connectivity index (χ0n) is 9.56. The van der Waals surface area contributed by atoms with Crippen LogP contribution in [-0.2, 0) is 9.59 Å². The molecule has 0 radical (unpaired) electrons. The molecule has 0 fully saturated rings. The maximum absolute atomic E-state index is 10.8. The number of aliphatic hydroxyl groups is 1. The Kier molecular flexibility index (Phi) is 7.54. The van der Waals surface area contributed by atoms with Gasteiger partial charge in [-0.3, -0.25) is 9.59 Å². The van der Waals surface area contributed by atoms with Crippen LogP contribution in [0, 0.1) is 5.92 Å². The van der Waals surface area contributed by atoms with Crippen molar-refractivity contribution < 1.29 is 24.9 Å². The van der Waals surface area contributed by atoms with Crippen LogP contribution in [0.4, 0.5) is 0 Å². The number of hydrogen-bond donors (Lipinski definition) is 3. The molecule has 0 bridgehead atoms. The first-order chi connectivity index (χ1) is 7.49. The summed E-state index contributed by atoms with van der Waals surface area (Å²) in [6.45, 7) is 2.05. The second-order valence-electron chi connectivity index (χ2n) is 3.96. The number of carbonyl (C=O) groups is 2. The summed E-state index contributed by atoms with van der Waals surface area (Å²) < 4.78 is 0. The van der Waals surface area contributed by atoms with E-state index in [1.165, 1.54) is 0 Å². The lowest BCUT2D eigenvalue weighted by Crippen LogP contribution is -2.30. The number of unbranched alkanes of at least 4 members (excludes halogenated alkanes) is 3. The van der Waals surface area contributed by atoms with Gasteiger partial charge in [0.25, 0.3) is 0 Å². The molecule has 94 valence electrons. The topological polar surface area (TPSA) is 94.8 Å². The van der Waals surface area contributed by atoms with Gasteiger partial charge in [-0.15, -0.1) is 0 Å². The van der Waals surface area contributed by atoms with Crippen LogP contribution in [0.2, 0.25) is 0 Å². The molecule has 0 heterocycles. The van der Waals surface area contributed by atoms with Gasteiger partial charge in [0.05, 0.1) is 18.4 Å². The minimum atomic E-state index is -1.29. The summed E-state index contributed by atoms with van der Waals surface area (Å²) in [5.41, 5.74) is 0. The lowest BCUT2D eigenvalue weighted by Gasteiger charge is -2.17. The first kappa shape index (κ1) is 14.9. The Balaban J connectivity index is 4.06. The number of carboxylic acid groups (broad SMARTS) is 2. The van der Waals surface area contributed by atoms with Crippen molar-refractivity contribution in [2.75, 3.05) is 0 Å². The van der Waals surface area contributed by atoms with Gasteiger partial charge in [-0.1, -0.05) is 32.6 Å². The highest BCUT2D eigenvalue weighted by Crippen LogP contribution is 2.17. The predicted octanol–water partition coefficient (Wildman–Crippen LogP) is 1.49. The third-order valence-electron chi connectivity index (χ3n) is 2.53. The number of aliphatic carboxylic acids is 2. The van der Waals surface area contributed by atoms with E-state index in [9.17, 15) is 14.7 Å². The van der Waals surface area contributed by atoms with Gasteiger partial charge >= 0.3 is 11.9 Å². The molecule has 0 aromatic carbocycles. The molecule has 0 amide bonds. The van der Waals surface area contributed by atoms with E-state index in [0.717, 1.165) is 19.3 Å². The highest BCUT2D eigenvalue weighted by Gasteiger charge is 2.27. The first-order valence-electron chi connectivity index (χ1n) is 5.61. The normalized spacial score (nSPS) is 14.4. The van der Waals surface area contributed by atoms with Gasteiger partial charge in [0.2, 0.25) is 0 Å². The van der Waals surface area contributed by atoms with Crippen LogP contribution < -0.4 is 0 Å². The van der Waals surface area contributed by atoms with Crippen molar-refractivity contribution in [1.82, 2.24) is 0 Å². The smallest absolute Gasteiger partial charge is 0.309 e. The third-order valence-corrected chi connectivity index (χ3v) is 2.53. The summed E-state index contributed by atoms with van der Waals surface area (Å²) in [6.07, 6.45) is 2.24. The first-order valence-corrected chi connectivity index (χ1v) is 5.61. The highest BCUT2D eigenvalue weighted by molar-refractivity contribution is 5.73. The molecule has 16 heavy (non-hydrogen) atoms. The SMILES string of the molecule is CCCCCC[C@H](C(=O)O)[C@H](O)CC(=O)O. The van der Waals surface area contributed by atoms with Crippen LogP contribution in [0.15, 0.2) is 0 Å². The fourth-order valence-electron chi connectivity index (χ4n) is 1.59. The van der Waals surface area contributed by atoms with E-state index in [0.29, 0.717) is 12.8 Å². The molecule has 0 unspecified atom stereocenters. The van der Waals surface area contributed by atoms with Gasteiger partial charge < -0.3 is 15.3 Å². The van der Waals surface area contributed by atoms with Gasteiger partial charge in [0.1, 0.15) is 0 Å². The van der Waals surface area contributed by atoms with Gasteiger partial charge in [0.15, 0.2) is 0 Å². The molecule has 0 aliphatic heterocycles.